The number of hydrogen-bond acceptors (Lipinski definition) is 5. The van der Waals surface area contributed by atoms with Crippen molar-refractivity contribution in [2.45, 2.75) is 19.3 Å². The van der Waals surface area contributed by atoms with Gasteiger partial charge in [0.1, 0.15) is 5.75 Å². The number of non-ortho nitro benzene ring substituents is 1. The van der Waals surface area contributed by atoms with Crippen LogP contribution >= 0.6 is 0 Å². The summed E-state index contributed by atoms with van der Waals surface area (Å²) in [7, 11) is 1.46. The molecule has 1 N–H and O–H groups in total. The highest BCUT2D eigenvalue weighted by atomic mass is 16.6. The minimum absolute atomic E-state index is 0.0781. The second-order valence-corrected chi connectivity index (χ2v) is 4.99. The van der Waals surface area contributed by atoms with Crippen molar-refractivity contribution in [2.24, 2.45) is 0 Å². The molecule has 0 saturated carbocycles. The van der Waals surface area contributed by atoms with Crippen LogP contribution in [0, 0.1) is 10.1 Å². The first-order valence-corrected chi connectivity index (χ1v) is 6.95. The van der Waals surface area contributed by atoms with Crippen molar-refractivity contribution in [1.82, 2.24) is 4.90 Å². The minimum Gasteiger partial charge on any atom is -0.495 e. The summed E-state index contributed by atoms with van der Waals surface area (Å²) in [5, 5.41) is 13.5. The van der Waals surface area contributed by atoms with E-state index in [0.717, 1.165) is 13.1 Å². The monoisotopic (exact) mass is 293 g/mol. The highest BCUT2D eigenvalue weighted by molar-refractivity contribution is 5.92. The van der Waals surface area contributed by atoms with Crippen molar-refractivity contribution in [3.63, 3.8) is 0 Å². The molecule has 0 radical (unpaired) electrons. The van der Waals surface area contributed by atoms with Gasteiger partial charge in [-0.3, -0.25) is 14.9 Å². The summed E-state index contributed by atoms with van der Waals surface area (Å²) in [4.78, 5) is 24.5. The van der Waals surface area contributed by atoms with E-state index in [1.54, 1.807) is 0 Å². The Morgan fingerprint density at radius 1 is 1.43 bits per heavy atom. The van der Waals surface area contributed by atoms with Gasteiger partial charge in [-0.1, -0.05) is 0 Å². The molecule has 1 amide bonds. The molecular formula is C14H19N3O4. The molecule has 1 heterocycles. The van der Waals surface area contributed by atoms with E-state index in [9.17, 15) is 14.9 Å². The van der Waals surface area contributed by atoms with Crippen LogP contribution in [0.25, 0.3) is 0 Å². The largest absolute Gasteiger partial charge is 0.495 e. The molecule has 0 unspecified atom stereocenters. The maximum Gasteiger partial charge on any atom is 0.271 e. The van der Waals surface area contributed by atoms with E-state index < -0.39 is 4.92 Å². The van der Waals surface area contributed by atoms with Gasteiger partial charge in [0, 0.05) is 25.1 Å². The SMILES string of the molecule is COc1ccc([N+](=O)[O-])cc1NC(=O)CCN1CCCC1. The maximum atomic E-state index is 12.0. The van der Waals surface area contributed by atoms with Crippen LogP contribution in [0.1, 0.15) is 19.3 Å². The fourth-order valence-electron chi connectivity index (χ4n) is 2.39. The number of rotatable bonds is 6. The molecule has 21 heavy (non-hydrogen) atoms. The molecule has 1 aliphatic heterocycles. The van der Waals surface area contributed by atoms with Gasteiger partial charge < -0.3 is 15.0 Å². The zero-order valence-electron chi connectivity index (χ0n) is 12.0. The Morgan fingerprint density at radius 2 is 2.14 bits per heavy atom. The van der Waals surface area contributed by atoms with Gasteiger partial charge in [-0.25, -0.2) is 0 Å². The number of nitrogens with one attached hydrogen (secondary N) is 1. The lowest BCUT2D eigenvalue weighted by Crippen LogP contribution is -2.25. The third-order valence-electron chi connectivity index (χ3n) is 3.52. The number of nitrogens with zero attached hydrogens (tertiary/aromatic N) is 2. The molecule has 0 bridgehead atoms. The van der Waals surface area contributed by atoms with Gasteiger partial charge >= 0.3 is 0 Å². The molecule has 7 nitrogen and oxygen atoms in total. The van der Waals surface area contributed by atoms with Gasteiger partial charge in [-0.05, 0) is 32.0 Å². The summed E-state index contributed by atoms with van der Waals surface area (Å²) >= 11 is 0. The van der Waals surface area contributed by atoms with Gasteiger partial charge in [-0.2, -0.15) is 0 Å². The molecule has 1 fully saturated rings. The zero-order valence-corrected chi connectivity index (χ0v) is 12.0. The number of benzene rings is 1. The normalized spacial score (nSPS) is 14.9. The lowest BCUT2D eigenvalue weighted by atomic mass is 10.2. The van der Waals surface area contributed by atoms with Gasteiger partial charge in [0.15, 0.2) is 0 Å². The Balaban J connectivity index is 1.97. The van der Waals surface area contributed by atoms with E-state index in [-0.39, 0.29) is 11.6 Å². The number of likely N-dealkylation sites (tertiary alicyclic amines) is 1. The van der Waals surface area contributed by atoms with Crippen LogP contribution in [0.2, 0.25) is 0 Å². The molecule has 7 heteroatoms. The molecule has 0 spiro atoms. The molecule has 1 aromatic rings. The molecule has 0 atom stereocenters. The second-order valence-electron chi connectivity index (χ2n) is 4.99. The van der Waals surface area contributed by atoms with Crippen molar-refractivity contribution < 1.29 is 14.5 Å². The fourth-order valence-corrected chi connectivity index (χ4v) is 2.39. The summed E-state index contributed by atoms with van der Waals surface area (Å²) in [5.74, 6) is 0.246. The van der Waals surface area contributed by atoms with Crippen molar-refractivity contribution >= 4 is 17.3 Å². The predicted molar refractivity (Wildman–Crippen MR) is 78.6 cm³/mol. The molecule has 1 aliphatic rings. The summed E-state index contributed by atoms with van der Waals surface area (Å²) in [6.07, 6.45) is 2.73. The Bertz CT molecular complexity index is 527. The minimum atomic E-state index is -0.501. The summed E-state index contributed by atoms with van der Waals surface area (Å²) < 4.78 is 5.11. The first-order chi connectivity index (χ1) is 10.1. The van der Waals surface area contributed by atoms with E-state index in [4.69, 9.17) is 4.74 Å². The van der Waals surface area contributed by atoms with Crippen molar-refractivity contribution in [3.8, 4) is 5.75 Å². The zero-order chi connectivity index (χ0) is 15.2. The standard InChI is InChI=1S/C14H19N3O4/c1-21-13-5-4-11(17(19)20)10-12(13)15-14(18)6-9-16-7-2-3-8-16/h4-5,10H,2-3,6-9H2,1H3,(H,15,18). The molecule has 1 aromatic carbocycles. The van der Waals surface area contributed by atoms with E-state index in [1.807, 2.05) is 0 Å². The Labute approximate surface area is 123 Å². The Hall–Kier alpha value is -2.15. The van der Waals surface area contributed by atoms with E-state index in [0.29, 0.717) is 24.4 Å². The highest BCUT2D eigenvalue weighted by Gasteiger charge is 2.16. The first kappa shape index (κ1) is 15.2. The molecular weight excluding hydrogens is 274 g/mol. The van der Waals surface area contributed by atoms with Crippen molar-refractivity contribution in [3.05, 3.63) is 28.3 Å². The smallest absolute Gasteiger partial charge is 0.271 e. The lowest BCUT2D eigenvalue weighted by Gasteiger charge is -2.14. The van der Waals surface area contributed by atoms with E-state index >= 15 is 0 Å². The number of carbonyl (C=O) groups is 1. The van der Waals surface area contributed by atoms with Gasteiger partial charge in [0.25, 0.3) is 5.69 Å². The highest BCUT2D eigenvalue weighted by Crippen LogP contribution is 2.28. The summed E-state index contributed by atoms with van der Waals surface area (Å²) in [6, 6.07) is 4.14. The number of hydrogen-bond donors (Lipinski definition) is 1. The number of amides is 1. The van der Waals surface area contributed by atoms with E-state index in [1.165, 1.54) is 38.2 Å². The quantitative estimate of drug-likeness (QED) is 0.640. The van der Waals surface area contributed by atoms with E-state index in [2.05, 4.69) is 10.2 Å². The lowest BCUT2D eigenvalue weighted by molar-refractivity contribution is -0.384. The Kier molecular flexibility index (Phi) is 5.10. The van der Waals surface area contributed by atoms with Crippen LogP contribution in [0.4, 0.5) is 11.4 Å². The number of nitro groups is 1. The average molecular weight is 293 g/mol. The molecule has 2 rings (SSSR count). The average Bonchev–Trinajstić information content (AvgIpc) is 2.98. The number of anilines is 1. The fraction of sp³-hybridized carbons (Fsp3) is 0.500. The third-order valence-corrected chi connectivity index (χ3v) is 3.52. The topological polar surface area (TPSA) is 84.7 Å². The molecule has 114 valence electrons. The van der Waals surface area contributed by atoms with Crippen LogP contribution in [0.5, 0.6) is 5.75 Å². The van der Waals surface area contributed by atoms with Gasteiger partial charge in [0.2, 0.25) is 5.91 Å². The van der Waals surface area contributed by atoms with Gasteiger partial charge in [0.05, 0.1) is 17.7 Å². The number of ether oxygens (including phenoxy) is 1. The number of nitro benzene ring substituents is 1. The molecule has 0 aliphatic carbocycles. The molecule has 1 saturated heterocycles. The third kappa shape index (κ3) is 4.16. The number of carbonyl (C=O) groups excluding carboxylic acids is 1. The summed E-state index contributed by atoms with van der Waals surface area (Å²) in [6.45, 7) is 2.78. The maximum absolute atomic E-state index is 12.0. The van der Waals surface area contributed by atoms with Crippen molar-refractivity contribution in [1.29, 1.82) is 0 Å². The molecule has 0 aromatic heterocycles. The predicted octanol–water partition coefficient (Wildman–Crippen LogP) is 2.03. The number of methoxy groups -OCH3 is 1. The first-order valence-electron chi connectivity index (χ1n) is 6.95. The summed E-state index contributed by atoms with van der Waals surface area (Å²) in [5.41, 5.74) is 0.253. The van der Waals surface area contributed by atoms with Crippen LogP contribution in [0.3, 0.4) is 0 Å². The van der Waals surface area contributed by atoms with Crippen LogP contribution < -0.4 is 10.1 Å². The second kappa shape index (κ2) is 7.03. The Morgan fingerprint density at radius 3 is 2.76 bits per heavy atom. The van der Waals surface area contributed by atoms with Crippen LogP contribution in [-0.4, -0.2) is 42.5 Å². The van der Waals surface area contributed by atoms with Crippen LogP contribution in [0.15, 0.2) is 18.2 Å². The van der Waals surface area contributed by atoms with Crippen LogP contribution in [-0.2, 0) is 4.79 Å². The van der Waals surface area contributed by atoms with Gasteiger partial charge in [-0.15, -0.1) is 0 Å². The van der Waals surface area contributed by atoms with Crippen molar-refractivity contribution in [2.75, 3.05) is 32.1 Å².